The lowest BCUT2D eigenvalue weighted by molar-refractivity contribution is -0.0446. The number of hydrogen-bond donors (Lipinski definition) is 1. The topological polar surface area (TPSA) is 54.6 Å². The second kappa shape index (κ2) is 5.89. The van der Waals surface area contributed by atoms with Crippen LogP contribution in [0.5, 0.6) is 5.75 Å². The molecule has 2 heterocycles. The molecule has 4 rings (SSSR count). The number of morpholine rings is 1. The molecule has 1 saturated carbocycles. The Labute approximate surface area is 135 Å². The summed E-state index contributed by atoms with van der Waals surface area (Å²) in [6.07, 6.45) is 3.48. The van der Waals surface area contributed by atoms with Crippen molar-refractivity contribution in [3.63, 3.8) is 0 Å². The highest BCUT2D eigenvalue weighted by Crippen LogP contribution is 2.31. The van der Waals surface area contributed by atoms with E-state index in [1.54, 1.807) is 0 Å². The summed E-state index contributed by atoms with van der Waals surface area (Å²) in [6.45, 7) is 3.92. The number of aromatic amines is 1. The van der Waals surface area contributed by atoms with Crippen LogP contribution >= 0.6 is 0 Å². The number of carbonyl (C=O) groups is 1. The first-order valence-electron chi connectivity index (χ1n) is 8.44. The van der Waals surface area contributed by atoms with Gasteiger partial charge in [-0.2, -0.15) is 0 Å². The molecular weight excluding hydrogens is 292 g/mol. The van der Waals surface area contributed by atoms with Crippen molar-refractivity contribution < 1.29 is 14.3 Å². The Morgan fingerprint density at radius 1 is 1.39 bits per heavy atom. The van der Waals surface area contributed by atoms with E-state index in [-0.39, 0.29) is 18.1 Å². The van der Waals surface area contributed by atoms with Crippen LogP contribution in [0.3, 0.4) is 0 Å². The Balaban J connectivity index is 1.61. The largest absolute Gasteiger partial charge is 0.494 e. The van der Waals surface area contributed by atoms with Crippen LogP contribution in [0.4, 0.5) is 0 Å². The summed E-state index contributed by atoms with van der Waals surface area (Å²) in [5.41, 5.74) is 1.59. The number of ether oxygens (including phenoxy) is 2. The van der Waals surface area contributed by atoms with Gasteiger partial charge in [-0.3, -0.25) is 4.79 Å². The first-order valence-corrected chi connectivity index (χ1v) is 8.44. The summed E-state index contributed by atoms with van der Waals surface area (Å²) < 4.78 is 11.3. The number of rotatable bonds is 3. The lowest BCUT2D eigenvalue weighted by atomic mass is 10.1. The number of hydrogen-bond acceptors (Lipinski definition) is 3. The minimum absolute atomic E-state index is 0.0827. The van der Waals surface area contributed by atoms with Crippen LogP contribution in [0.15, 0.2) is 24.3 Å². The number of nitrogens with one attached hydrogen (secondary N) is 1. The highest BCUT2D eigenvalue weighted by molar-refractivity contribution is 5.98. The third-order valence-corrected chi connectivity index (χ3v) is 4.88. The van der Waals surface area contributed by atoms with Crippen LogP contribution in [-0.4, -0.2) is 47.7 Å². The molecule has 1 aromatic carbocycles. The Bertz CT molecular complexity index is 724. The van der Waals surface area contributed by atoms with Gasteiger partial charge in [-0.25, -0.2) is 0 Å². The fraction of sp³-hybridized carbons (Fsp3) is 0.500. The normalized spacial score (nSPS) is 24.0. The lowest BCUT2D eigenvalue weighted by Crippen LogP contribution is -2.51. The second-order valence-corrected chi connectivity index (χ2v) is 6.27. The predicted octanol–water partition coefficient (Wildman–Crippen LogP) is 2.96. The molecule has 1 aliphatic carbocycles. The minimum atomic E-state index is 0.0827. The average Bonchev–Trinajstić information content (AvgIpc) is 3.20. The molecule has 1 aliphatic heterocycles. The maximum atomic E-state index is 12.9. The van der Waals surface area contributed by atoms with Crippen LogP contribution < -0.4 is 4.74 Å². The molecule has 0 radical (unpaired) electrons. The van der Waals surface area contributed by atoms with E-state index in [9.17, 15) is 4.79 Å². The first-order chi connectivity index (χ1) is 11.3. The van der Waals surface area contributed by atoms with Crippen LogP contribution in [0, 0.1) is 0 Å². The van der Waals surface area contributed by atoms with Crippen molar-refractivity contribution in [2.45, 2.75) is 38.3 Å². The van der Waals surface area contributed by atoms with E-state index in [4.69, 9.17) is 9.47 Å². The van der Waals surface area contributed by atoms with Gasteiger partial charge in [0, 0.05) is 23.5 Å². The molecule has 0 spiro atoms. The van der Waals surface area contributed by atoms with Gasteiger partial charge in [0.2, 0.25) is 0 Å². The van der Waals surface area contributed by atoms with Gasteiger partial charge in [-0.05, 0) is 44.4 Å². The molecule has 122 valence electrons. The standard InChI is InChI=1S/C18H22N2O3/c1-2-22-13-7-6-12-10-15(19-14(12)11-13)18(21)20-8-9-23-17-5-3-4-16(17)20/h6-7,10-11,16-17,19H,2-5,8-9H2,1H3/t16-,17-/m0/s1. The predicted molar refractivity (Wildman–Crippen MR) is 87.9 cm³/mol. The minimum Gasteiger partial charge on any atom is -0.494 e. The van der Waals surface area contributed by atoms with Crippen LogP contribution in [0.1, 0.15) is 36.7 Å². The van der Waals surface area contributed by atoms with E-state index in [1.807, 2.05) is 36.1 Å². The number of nitrogens with zero attached hydrogens (tertiary/aromatic N) is 1. The zero-order valence-electron chi connectivity index (χ0n) is 13.4. The Hall–Kier alpha value is -2.01. The number of aromatic nitrogens is 1. The Morgan fingerprint density at radius 3 is 3.17 bits per heavy atom. The fourth-order valence-corrected chi connectivity index (χ4v) is 3.81. The summed E-state index contributed by atoms with van der Waals surface area (Å²) in [4.78, 5) is 18.2. The Kier molecular flexibility index (Phi) is 3.73. The van der Waals surface area contributed by atoms with E-state index in [2.05, 4.69) is 4.98 Å². The number of amides is 1. The average molecular weight is 314 g/mol. The summed E-state index contributed by atoms with van der Waals surface area (Å²) >= 11 is 0. The van der Waals surface area contributed by atoms with Gasteiger partial charge in [0.05, 0.1) is 25.4 Å². The molecule has 23 heavy (non-hydrogen) atoms. The lowest BCUT2D eigenvalue weighted by Gasteiger charge is -2.37. The molecular formula is C18H22N2O3. The smallest absolute Gasteiger partial charge is 0.270 e. The fourth-order valence-electron chi connectivity index (χ4n) is 3.81. The van der Waals surface area contributed by atoms with Gasteiger partial charge in [0.1, 0.15) is 11.4 Å². The highest BCUT2D eigenvalue weighted by Gasteiger charge is 2.38. The number of benzene rings is 1. The van der Waals surface area contributed by atoms with Crippen molar-refractivity contribution in [3.05, 3.63) is 30.0 Å². The first kappa shape index (κ1) is 14.6. The molecule has 0 unspecified atom stereocenters. The van der Waals surface area contributed by atoms with Gasteiger partial charge in [0.25, 0.3) is 5.91 Å². The summed E-state index contributed by atoms with van der Waals surface area (Å²) in [6, 6.07) is 8.06. The van der Waals surface area contributed by atoms with E-state index in [0.29, 0.717) is 25.5 Å². The van der Waals surface area contributed by atoms with Crippen molar-refractivity contribution >= 4 is 16.8 Å². The second-order valence-electron chi connectivity index (χ2n) is 6.27. The molecule has 5 heteroatoms. The SMILES string of the molecule is CCOc1ccc2cc(C(=O)N3CCO[C@H]4CCC[C@@H]43)[nH]c2c1. The van der Waals surface area contributed by atoms with Crippen molar-refractivity contribution in [1.29, 1.82) is 0 Å². The van der Waals surface area contributed by atoms with E-state index < -0.39 is 0 Å². The molecule has 2 aromatic rings. The van der Waals surface area contributed by atoms with Gasteiger partial charge < -0.3 is 19.4 Å². The zero-order valence-corrected chi connectivity index (χ0v) is 13.4. The Morgan fingerprint density at radius 2 is 2.30 bits per heavy atom. The highest BCUT2D eigenvalue weighted by atomic mass is 16.5. The van der Waals surface area contributed by atoms with Gasteiger partial charge in [0.15, 0.2) is 0 Å². The van der Waals surface area contributed by atoms with Gasteiger partial charge >= 0.3 is 0 Å². The van der Waals surface area contributed by atoms with Crippen molar-refractivity contribution in [2.75, 3.05) is 19.8 Å². The number of H-pyrrole nitrogens is 1. The van der Waals surface area contributed by atoms with Crippen LogP contribution in [0.25, 0.3) is 10.9 Å². The number of fused-ring (bicyclic) bond motifs is 2. The molecule has 1 saturated heterocycles. The van der Waals surface area contributed by atoms with Crippen LogP contribution in [-0.2, 0) is 4.74 Å². The van der Waals surface area contributed by atoms with E-state index in [0.717, 1.165) is 35.9 Å². The van der Waals surface area contributed by atoms with Gasteiger partial charge in [-0.15, -0.1) is 0 Å². The van der Waals surface area contributed by atoms with Crippen molar-refractivity contribution in [2.24, 2.45) is 0 Å². The molecule has 1 aromatic heterocycles. The molecule has 1 N–H and O–H groups in total. The molecule has 2 fully saturated rings. The number of carbonyl (C=O) groups excluding carboxylic acids is 1. The maximum absolute atomic E-state index is 12.9. The molecule has 2 aliphatic rings. The van der Waals surface area contributed by atoms with E-state index >= 15 is 0 Å². The van der Waals surface area contributed by atoms with Crippen molar-refractivity contribution in [1.82, 2.24) is 9.88 Å². The third-order valence-electron chi connectivity index (χ3n) is 4.88. The quantitative estimate of drug-likeness (QED) is 0.947. The summed E-state index contributed by atoms with van der Waals surface area (Å²) in [5, 5.41) is 1.04. The summed E-state index contributed by atoms with van der Waals surface area (Å²) in [7, 11) is 0. The van der Waals surface area contributed by atoms with Crippen molar-refractivity contribution in [3.8, 4) is 5.75 Å². The summed E-state index contributed by atoms with van der Waals surface area (Å²) in [5.74, 6) is 0.905. The molecule has 0 bridgehead atoms. The van der Waals surface area contributed by atoms with E-state index in [1.165, 1.54) is 0 Å². The maximum Gasteiger partial charge on any atom is 0.270 e. The molecule has 1 amide bonds. The monoisotopic (exact) mass is 314 g/mol. The van der Waals surface area contributed by atoms with Gasteiger partial charge in [-0.1, -0.05) is 0 Å². The third kappa shape index (κ3) is 2.59. The zero-order chi connectivity index (χ0) is 15.8. The molecule has 5 nitrogen and oxygen atoms in total. The van der Waals surface area contributed by atoms with Crippen LogP contribution in [0.2, 0.25) is 0 Å². The molecule has 2 atom stereocenters.